The molecule has 0 saturated carbocycles. The summed E-state index contributed by atoms with van der Waals surface area (Å²) in [7, 11) is 0. The van der Waals surface area contributed by atoms with Gasteiger partial charge >= 0.3 is 0 Å². The Labute approximate surface area is 160 Å². The molecule has 1 unspecified atom stereocenters. The standard InChI is InChI=1S/C20H18N4O2S/c1-12-5-6-15-16(7-12)27-20-18(15)19(22-11-23-20)26-10-17(25)24-14-4-2-3-13(8-14)9-21/h2-4,8,11-12H,5-7,10H2,1H3,(H,24,25). The van der Waals surface area contributed by atoms with E-state index in [1.165, 1.54) is 16.8 Å². The number of ether oxygens (including phenoxy) is 1. The fourth-order valence-electron chi connectivity index (χ4n) is 3.35. The molecule has 4 rings (SSSR count). The molecule has 1 atom stereocenters. The van der Waals surface area contributed by atoms with Crippen molar-refractivity contribution >= 4 is 33.1 Å². The summed E-state index contributed by atoms with van der Waals surface area (Å²) in [5, 5.41) is 12.6. The summed E-state index contributed by atoms with van der Waals surface area (Å²) in [6.45, 7) is 2.12. The van der Waals surface area contributed by atoms with E-state index in [4.69, 9.17) is 10.00 Å². The van der Waals surface area contributed by atoms with E-state index in [0.717, 1.165) is 29.5 Å². The van der Waals surface area contributed by atoms with Crippen molar-refractivity contribution in [1.82, 2.24) is 9.97 Å². The number of thiophene rings is 1. The lowest BCUT2D eigenvalue weighted by atomic mass is 9.89. The first kappa shape index (κ1) is 17.4. The molecule has 7 heteroatoms. The second-order valence-electron chi connectivity index (χ2n) is 6.74. The molecule has 0 spiro atoms. The van der Waals surface area contributed by atoms with Gasteiger partial charge in [-0.3, -0.25) is 4.79 Å². The van der Waals surface area contributed by atoms with Gasteiger partial charge in [-0.15, -0.1) is 11.3 Å². The Kier molecular flexibility index (Phi) is 4.73. The second kappa shape index (κ2) is 7.33. The molecule has 0 saturated heterocycles. The summed E-state index contributed by atoms with van der Waals surface area (Å²) in [5.74, 6) is 0.848. The topological polar surface area (TPSA) is 87.9 Å². The fraction of sp³-hybridized carbons (Fsp3) is 0.300. The molecular weight excluding hydrogens is 360 g/mol. The number of nitriles is 1. The third-order valence-corrected chi connectivity index (χ3v) is 5.83. The average Bonchev–Trinajstić information content (AvgIpc) is 3.04. The predicted octanol–water partition coefficient (Wildman–Crippen LogP) is 3.71. The average molecular weight is 378 g/mol. The number of carbonyl (C=O) groups excluding carboxylic acids is 1. The highest BCUT2D eigenvalue weighted by Gasteiger charge is 2.23. The van der Waals surface area contributed by atoms with E-state index in [-0.39, 0.29) is 12.5 Å². The van der Waals surface area contributed by atoms with Gasteiger partial charge in [-0.2, -0.15) is 5.26 Å². The smallest absolute Gasteiger partial charge is 0.262 e. The number of amides is 1. The number of fused-ring (bicyclic) bond motifs is 3. The van der Waals surface area contributed by atoms with Crippen molar-refractivity contribution in [3.05, 3.63) is 46.6 Å². The number of aromatic nitrogens is 2. The molecule has 1 N–H and O–H groups in total. The van der Waals surface area contributed by atoms with E-state index in [9.17, 15) is 4.79 Å². The lowest BCUT2D eigenvalue weighted by molar-refractivity contribution is -0.118. The van der Waals surface area contributed by atoms with Gasteiger partial charge in [0.1, 0.15) is 11.2 Å². The van der Waals surface area contributed by atoms with E-state index >= 15 is 0 Å². The molecule has 0 radical (unpaired) electrons. The van der Waals surface area contributed by atoms with Gasteiger partial charge in [-0.05, 0) is 48.9 Å². The lowest BCUT2D eigenvalue weighted by Gasteiger charge is -2.18. The molecule has 1 aliphatic carbocycles. The van der Waals surface area contributed by atoms with Crippen LogP contribution in [0.2, 0.25) is 0 Å². The summed E-state index contributed by atoms with van der Waals surface area (Å²) in [4.78, 5) is 23.1. The zero-order valence-corrected chi connectivity index (χ0v) is 15.7. The van der Waals surface area contributed by atoms with Gasteiger partial charge in [0.05, 0.1) is 17.0 Å². The number of carbonyl (C=O) groups is 1. The van der Waals surface area contributed by atoms with Crippen molar-refractivity contribution in [2.75, 3.05) is 11.9 Å². The Morgan fingerprint density at radius 2 is 2.33 bits per heavy atom. The SMILES string of the molecule is CC1CCc2c(sc3ncnc(OCC(=O)Nc4cccc(C#N)c4)c23)C1. The number of nitrogens with zero attached hydrogens (tertiary/aromatic N) is 3. The largest absolute Gasteiger partial charge is 0.467 e. The van der Waals surface area contributed by atoms with E-state index in [1.54, 1.807) is 35.6 Å². The summed E-state index contributed by atoms with van der Waals surface area (Å²) < 4.78 is 5.74. The summed E-state index contributed by atoms with van der Waals surface area (Å²) in [5.41, 5.74) is 2.33. The highest BCUT2D eigenvalue weighted by molar-refractivity contribution is 7.18. The zero-order valence-electron chi connectivity index (χ0n) is 14.9. The minimum Gasteiger partial charge on any atom is -0.467 e. The summed E-state index contributed by atoms with van der Waals surface area (Å²) in [6, 6.07) is 8.81. The molecule has 3 aromatic rings. The summed E-state index contributed by atoms with van der Waals surface area (Å²) >= 11 is 1.70. The van der Waals surface area contributed by atoms with Gasteiger partial charge in [0.25, 0.3) is 5.91 Å². The Balaban J connectivity index is 1.50. The molecule has 0 fully saturated rings. The minimum absolute atomic E-state index is 0.149. The highest BCUT2D eigenvalue weighted by atomic mass is 32.1. The van der Waals surface area contributed by atoms with Crippen molar-refractivity contribution in [3.63, 3.8) is 0 Å². The van der Waals surface area contributed by atoms with Crippen molar-refractivity contribution < 1.29 is 9.53 Å². The minimum atomic E-state index is -0.297. The molecule has 1 aliphatic rings. The van der Waals surface area contributed by atoms with Crippen LogP contribution in [0.1, 0.15) is 29.3 Å². The number of rotatable bonds is 4. The highest BCUT2D eigenvalue weighted by Crippen LogP contribution is 2.40. The van der Waals surface area contributed by atoms with Crippen LogP contribution in [-0.4, -0.2) is 22.5 Å². The van der Waals surface area contributed by atoms with Crippen LogP contribution in [0.5, 0.6) is 5.88 Å². The number of anilines is 1. The van der Waals surface area contributed by atoms with E-state index in [1.807, 2.05) is 6.07 Å². The monoisotopic (exact) mass is 378 g/mol. The van der Waals surface area contributed by atoms with E-state index in [2.05, 4.69) is 22.2 Å². The normalized spacial score (nSPS) is 15.8. The Morgan fingerprint density at radius 3 is 3.19 bits per heavy atom. The van der Waals surface area contributed by atoms with Gasteiger partial charge in [0.15, 0.2) is 6.61 Å². The Hall–Kier alpha value is -2.98. The van der Waals surface area contributed by atoms with Gasteiger partial charge < -0.3 is 10.1 Å². The van der Waals surface area contributed by atoms with Crippen molar-refractivity contribution in [2.45, 2.75) is 26.2 Å². The number of benzene rings is 1. The quantitative estimate of drug-likeness (QED) is 0.748. The van der Waals surface area contributed by atoms with Crippen LogP contribution in [0.4, 0.5) is 5.69 Å². The van der Waals surface area contributed by atoms with Crippen molar-refractivity contribution in [2.24, 2.45) is 5.92 Å². The van der Waals surface area contributed by atoms with Gasteiger partial charge in [0, 0.05) is 10.6 Å². The van der Waals surface area contributed by atoms with Crippen LogP contribution in [0.3, 0.4) is 0 Å². The number of nitrogens with one attached hydrogen (secondary N) is 1. The number of hydrogen-bond acceptors (Lipinski definition) is 6. The molecule has 1 amide bonds. The van der Waals surface area contributed by atoms with Crippen molar-refractivity contribution in [1.29, 1.82) is 5.26 Å². The second-order valence-corrected chi connectivity index (χ2v) is 7.82. The molecular formula is C20H18N4O2S. The van der Waals surface area contributed by atoms with Gasteiger partial charge in [0.2, 0.25) is 5.88 Å². The predicted molar refractivity (Wildman–Crippen MR) is 104 cm³/mol. The zero-order chi connectivity index (χ0) is 18.8. The third kappa shape index (κ3) is 3.62. The van der Waals surface area contributed by atoms with Crippen LogP contribution in [-0.2, 0) is 17.6 Å². The first-order valence-corrected chi connectivity index (χ1v) is 9.63. The molecule has 6 nitrogen and oxygen atoms in total. The Morgan fingerprint density at radius 1 is 1.44 bits per heavy atom. The van der Waals surface area contributed by atoms with Crippen molar-refractivity contribution in [3.8, 4) is 11.9 Å². The molecule has 2 heterocycles. The first-order valence-electron chi connectivity index (χ1n) is 8.82. The maximum Gasteiger partial charge on any atom is 0.262 e. The van der Waals surface area contributed by atoms with Crippen LogP contribution in [0, 0.1) is 17.2 Å². The molecule has 1 aromatic carbocycles. The van der Waals surface area contributed by atoms with Crippen LogP contribution in [0.15, 0.2) is 30.6 Å². The fourth-order valence-corrected chi connectivity index (χ4v) is 4.69. The lowest BCUT2D eigenvalue weighted by Crippen LogP contribution is -2.20. The van der Waals surface area contributed by atoms with Gasteiger partial charge in [-0.25, -0.2) is 9.97 Å². The number of hydrogen-bond donors (Lipinski definition) is 1. The summed E-state index contributed by atoms with van der Waals surface area (Å²) in [6.07, 6.45) is 4.68. The Bertz CT molecular complexity index is 1050. The van der Waals surface area contributed by atoms with E-state index < -0.39 is 0 Å². The third-order valence-electron chi connectivity index (χ3n) is 4.67. The van der Waals surface area contributed by atoms with Crippen LogP contribution in [0.25, 0.3) is 10.2 Å². The van der Waals surface area contributed by atoms with Crippen LogP contribution >= 0.6 is 11.3 Å². The van der Waals surface area contributed by atoms with E-state index in [0.29, 0.717) is 23.0 Å². The molecule has 0 aliphatic heterocycles. The molecule has 136 valence electrons. The maximum absolute atomic E-state index is 12.2. The molecule has 0 bridgehead atoms. The number of aryl methyl sites for hydroxylation is 1. The van der Waals surface area contributed by atoms with Crippen LogP contribution < -0.4 is 10.1 Å². The maximum atomic E-state index is 12.2. The van der Waals surface area contributed by atoms with Gasteiger partial charge in [-0.1, -0.05) is 13.0 Å². The molecule has 2 aromatic heterocycles. The molecule has 27 heavy (non-hydrogen) atoms. The first-order chi connectivity index (χ1) is 13.1.